The maximum atomic E-state index is 12.4. The molecule has 1 aromatic heterocycles. The Morgan fingerprint density at radius 1 is 1.37 bits per heavy atom. The van der Waals surface area contributed by atoms with Crippen molar-refractivity contribution in [3.05, 3.63) is 18.2 Å². The third-order valence-electron chi connectivity index (χ3n) is 4.77. The number of nitrogens with zero attached hydrogens (tertiary/aromatic N) is 2. The van der Waals surface area contributed by atoms with Crippen LogP contribution in [0.1, 0.15) is 44.7 Å². The summed E-state index contributed by atoms with van der Waals surface area (Å²) in [4.78, 5) is 16.6. The van der Waals surface area contributed by atoms with Crippen LogP contribution in [0.2, 0.25) is 0 Å². The number of nitrogens with one attached hydrogen (secondary N) is 1. The molecule has 3 rings (SSSR count). The predicted molar refractivity (Wildman–Crippen MR) is 73.6 cm³/mol. The van der Waals surface area contributed by atoms with E-state index in [1.807, 2.05) is 12.5 Å². The molecule has 19 heavy (non-hydrogen) atoms. The third-order valence-corrected chi connectivity index (χ3v) is 4.77. The molecule has 1 saturated carbocycles. The molecule has 0 bridgehead atoms. The van der Waals surface area contributed by atoms with Crippen molar-refractivity contribution >= 4 is 5.91 Å². The van der Waals surface area contributed by atoms with Gasteiger partial charge in [-0.15, -0.1) is 0 Å². The highest BCUT2D eigenvalue weighted by atomic mass is 16.2. The fraction of sp³-hybridized carbons (Fsp3) is 0.733. The molecule has 0 spiro atoms. The normalized spacial score (nSPS) is 30.7. The number of carbonyl (C=O) groups is 1. The van der Waals surface area contributed by atoms with Gasteiger partial charge in [0, 0.05) is 24.5 Å². The SMILES string of the molecule is C[C@@H]1CCCC[C@H]1NC(=O)[C@@H]1CCc2cncn2C1. The van der Waals surface area contributed by atoms with Gasteiger partial charge in [0.15, 0.2) is 0 Å². The molecule has 4 nitrogen and oxygen atoms in total. The van der Waals surface area contributed by atoms with Crippen LogP contribution in [0.15, 0.2) is 12.5 Å². The summed E-state index contributed by atoms with van der Waals surface area (Å²) in [6.45, 7) is 3.06. The van der Waals surface area contributed by atoms with Crippen LogP contribution in [0.5, 0.6) is 0 Å². The van der Waals surface area contributed by atoms with Crippen molar-refractivity contribution in [1.82, 2.24) is 14.9 Å². The van der Waals surface area contributed by atoms with Crippen LogP contribution in [0, 0.1) is 11.8 Å². The van der Waals surface area contributed by atoms with Gasteiger partial charge in [-0.05, 0) is 31.6 Å². The van der Waals surface area contributed by atoms with E-state index in [0.29, 0.717) is 12.0 Å². The quantitative estimate of drug-likeness (QED) is 0.886. The number of amides is 1. The first-order valence-electron chi connectivity index (χ1n) is 7.53. The van der Waals surface area contributed by atoms with E-state index in [9.17, 15) is 4.79 Å². The number of aryl methyl sites for hydroxylation is 1. The fourth-order valence-electron chi connectivity index (χ4n) is 3.42. The molecule has 4 heteroatoms. The lowest BCUT2D eigenvalue weighted by Crippen LogP contribution is -2.45. The van der Waals surface area contributed by atoms with Gasteiger partial charge in [0.25, 0.3) is 0 Å². The molecule has 0 unspecified atom stereocenters. The minimum Gasteiger partial charge on any atom is -0.353 e. The van der Waals surface area contributed by atoms with E-state index in [0.717, 1.165) is 25.8 Å². The van der Waals surface area contributed by atoms with Crippen molar-refractivity contribution in [2.45, 2.75) is 58.0 Å². The van der Waals surface area contributed by atoms with E-state index >= 15 is 0 Å². The maximum absolute atomic E-state index is 12.4. The van der Waals surface area contributed by atoms with Crippen LogP contribution in [-0.2, 0) is 17.8 Å². The van der Waals surface area contributed by atoms with Gasteiger partial charge < -0.3 is 9.88 Å². The van der Waals surface area contributed by atoms with Gasteiger partial charge in [-0.3, -0.25) is 4.79 Å². The molecule has 1 aliphatic heterocycles. The second-order valence-electron chi connectivity index (χ2n) is 6.15. The van der Waals surface area contributed by atoms with E-state index < -0.39 is 0 Å². The molecular weight excluding hydrogens is 238 g/mol. The van der Waals surface area contributed by atoms with Gasteiger partial charge in [0.2, 0.25) is 5.91 Å². The Balaban J connectivity index is 1.59. The summed E-state index contributed by atoms with van der Waals surface area (Å²) in [6.07, 6.45) is 10.7. The van der Waals surface area contributed by atoms with Gasteiger partial charge in [-0.1, -0.05) is 19.8 Å². The Hall–Kier alpha value is -1.32. The largest absolute Gasteiger partial charge is 0.353 e. The van der Waals surface area contributed by atoms with E-state index in [1.165, 1.54) is 25.0 Å². The highest BCUT2D eigenvalue weighted by Crippen LogP contribution is 2.25. The first kappa shape index (κ1) is 12.7. The van der Waals surface area contributed by atoms with Gasteiger partial charge >= 0.3 is 0 Å². The Labute approximate surface area is 114 Å². The molecule has 104 valence electrons. The standard InChI is InChI=1S/C15H23N3O/c1-11-4-2-3-5-14(11)17-15(19)12-6-7-13-8-16-10-18(13)9-12/h8,10-12,14H,2-7,9H2,1H3,(H,17,19)/t11-,12-,14-/m1/s1. The van der Waals surface area contributed by atoms with Crippen LogP contribution in [0.4, 0.5) is 0 Å². The summed E-state index contributed by atoms with van der Waals surface area (Å²) in [7, 11) is 0. The monoisotopic (exact) mass is 261 g/mol. The molecule has 1 aliphatic carbocycles. The summed E-state index contributed by atoms with van der Waals surface area (Å²) >= 11 is 0. The Morgan fingerprint density at radius 3 is 3.05 bits per heavy atom. The minimum atomic E-state index is 0.121. The summed E-state index contributed by atoms with van der Waals surface area (Å²) in [5.41, 5.74) is 1.26. The lowest BCUT2D eigenvalue weighted by Gasteiger charge is -2.32. The lowest BCUT2D eigenvalue weighted by molar-refractivity contribution is -0.127. The lowest BCUT2D eigenvalue weighted by atomic mass is 9.85. The number of hydrogen-bond donors (Lipinski definition) is 1. The number of imidazole rings is 1. The summed E-state index contributed by atoms with van der Waals surface area (Å²) in [5, 5.41) is 3.29. The second kappa shape index (κ2) is 5.35. The van der Waals surface area contributed by atoms with E-state index in [4.69, 9.17) is 0 Å². The van der Waals surface area contributed by atoms with Crippen LogP contribution < -0.4 is 5.32 Å². The zero-order valence-corrected chi connectivity index (χ0v) is 11.6. The topological polar surface area (TPSA) is 46.9 Å². The Bertz CT molecular complexity index is 454. The average Bonchev–Trinajstić information content (AvgIpc) is 2.88. The van der Waals surface area contributed by atoms with E-state index in [2.05, 4.69) is 21.8 Å². The first-order valence-corrected chi connectivity index (χ1v) is 7.53. The molecule has 1 amide bonds. The first-order chi connectivity index (χ1) is 9.24. The highest BCUT2D eigenvalue weighted by molar-refractivity contribution is 5.79. The van der Waals surface area contributed by atoms with Crippen LogP contribution in [0.25, 0.3) is 0 Å². The van der Waals surface area contributed by atoms with Gasteiger partial charge in [0.05, 0.1) is 12.2 Å². The molecule has 2 aliphatic rings. The number of carbonyl (C=O) groups excluding carboxylic acids is 1. The van der Waals surface area contributed by atoms with Gasteiger partial charge in [-0.2, -0.15) is 0 Å². The van der Waals surface area contributed by atoms with Crippen molar-refractivity contribution in [1.29, 1.82) is 0 Å². The summed E-state index contributed by atoms with van der Waals surface area (Å²) in [6, 6.07) is 0.394. The number of hydrogen-bond acceptors (Lipinski definition) is 2. The average molecular weight is 261 g/mol. The number of fused-ring (bicyclic) bond motifs is 1. The van der Waals surface area contributed by atoms with Gasteiger partial charge in [0.1, 0.15) is 0 Å². The summed E-state index contributed by atoms with van der Waals surface area (Å²) in [5.74, 6) is 0.999. The van der Waals surface area contributed by atoms with E-state index in [-0.39, 0.29) is 11.8 Å². The van der Waals surface area contributed by atoms with Crippen LogP contribution in [0.3, 0.4) is 0 Å². The van der Waals surface area contributed by atoms with Crippen molar-refractivity contribution in [3.63, 3.8) is 0 Å². The third kappa shape index (κ3) is 2.67. The zero-order valence-electron chi connectivity index (χ0n) is 11.6. The zero-order chi connectivity index (χ0) is 13.2. The summed E-state index contributed by atoms with van der Waals surface area (Å²) < 4.78 is 2.12. The molecule has 1 N–H and O–H groups in total. The highest BCUT2D eigenvalue weighted by Gasteiger charge is 2.28. The molecule has 1 fully saturated rings. The molecular formula is C15H23N3O. The van der Waals surface area contributed by atoms with Crippen molar-refractivity contribution in [2.24, 2.45) is 11.8 Å². The molecule has 1 aromatic rings. The number of rotatable bonds is 2. The Kier molecular flexibility index (Phi) is 3.58. The van der Waals surface area contributed by atoms with E-state index in [1.54, 1.807) is 0 Å². The fourth-order valence-corrected chi connectivity index (χ4v) is 3.42. The Morgan fingerprint density at radius 2 is 2.21 bits per heavy atom. The molecule has 2 heterocycles. The second-order valence-corrected chi connectivity index (χ2v) is 6.15. The molecule has 0 aromatic carbocycles. The van der Waals surface area contributed by atoms with Gasteiger partial charge in [-0.25, -0.2) is 4.98 Å². The maximum Gasteiger partial charge on any atom is 0.225 e. The van der Waals surface area contributed by atoms with Crippen LogP contribution in [-0.4, -0.2) is 21.5 Å². The number of aromatic nitrogens is 2. The van der Waals surface area contributed by atoms with Crippen molar-refractivity contribution < 1.29 is 4.79 Å². The molecule has 0 radical (unpaired) electrons. The predicted octanol–water partition coefficient (Wildman–Crippen LogP) is 2.14. The smallest absolute Gasteiger partial charge is 0.225 e. The van der Waals surface area contributed by atoms with Crippen molar-refractivity contribution in [3.8, 4) is 0 Å². The van der Waals surface area contributed by atoms with Crippen LogP contribution >= 0.6 is 0 Å². The molecule has 0 saturated heterocycles. The minimum absolute atomic E-state index is 0.121. The molecule has 3 atom stereocenters. The van der Waals surface area contributed by atoms with Crippen molar-refractivity contribution in [2.75, 3.05) is 0 Å².